The summed E-state index contributed by atoms with van der Waals surface area (Å²) in [6, 6.07) is 27.4. The van der Waals surface area contributed by atoms with Gasteiger partial charge in [-0.1, -0.05) is 72.8 Å². The summed E-state index contributed by atoms with van der Waals surface area (Å²) in [6.45, 7) is 0.950. The predicted octanol–water partition coefficient (Wildman–Crippen LogP) is 3.84. The van der Waals surface area contributed by atoms with Crippen LogP contribution in [-0.4, -0.2) is 33.3 Å². The minimum atomic E-state index is -3.53. The van der Waals surface area contributed by atoms with Crippen LogP contribution in [0.2, 0.25) is 0 Å². The highest BCUT2D eigenvalue weighted by Gasteiger charge is 2.29. The van der Waals surface area contributed by atoms with E-state index in [9.17, 15) is 13.2 Å². The number of nitrogens with one attached hydrogen (secondary N) is 2. The smallest absolute Gasteiger partial charge is 0.263 e. The lowest BCUT2D eigenvalue weighted by Gasteiger charge is -2.18. The summed E-state index contributed by atoms with van der Waals surface area (Å²) in [4.78, 5) is 16.9. The maximum Gasteiger partial charge on any atom is 0.263 e. The normalized spacial score (nSPS) is 15.2. The van der Waals surface area contributed by atoms with E-state index in [2.05, 4.69) is 39.3 Å². The van der Waals surface area contributed by atoms with Crippen molar-refractivity contribution in [2.24, 2.45) is 4.99 Å². The van der Waals surface area contributed by atoms with E-state index in [1.54, 1.807) is 24.3 Å². The van der Waals surface area contributed by atoms with Gasteiger partial charge in [0.2, 0.25) is 5.91 Å². The first-order valence-corrected chi connectivity index (χ1v) is 12.6. The Morgan fingerprint density at radius 1 is 0.879 bits per heavy atom. The first-order chi connectivity index (χ1) is 16.0. The SMILES string of the molecule is O=C(CCCN=C1NS(=O)(=O)c2ccccc21)NCCC(c1ccccc1)c1ccccc1. The van der Waals surface area contributed by atoms with Crippen LogP contribution in [0.5, 0.6) is 0 Å². The Kier molecular flexibility index (Phi) is 7.19. The summed E-state index contributed by atoms with van der Waals surface area (Å²) in [6.07, 6.45) is 1.69. The van der Waals surface area contributed by atoms with E-state index in [-0.39, 0.29) is 16.7 Å². The van der Waals surface area contributed by atoms with Gasteiger partial charge in [0, 0.05) is 31.0 Å². The second-order valence-electron chi connectivity index (χ2n) is 7.95. The third-order valence-corrected chi connectivity index (χ3v) is 7.05. The van der Waals surface area contributed by atoms with Crippen LogP contribution in [0.1, 0.15) is 41.9 Å². The van der Waals surface area contributed by atoms with Gasteiger partial charge in [-0.05, 0) is 36.1 Å². The molecule has 0 aromatic heterocycles. The van der Waals surface area contributed by atoms with Crippen molar-refractivity contribution >= 4 is 21.8 Å². The number of hydrogen-bond acceptors (Lipinski definition) is 4. The van der Waals surface area contributed by atoms with Crippen molar-refractivity contribution in [3.8, 4) is 0 Å². The van der Waals surface area contributed by atoms with Crippen molar-refractivity contribution in [3.63, 3.8) is 0 Å². The molecular formula is C26H27N3O3S. The zero-order valence-corrected chi connectivity index (χ0v) is 19.1. The minimum absolute atomic E-state index is 0.0255. The Hall–Kier alpha value is -3.45. The maximum atomic E-state index is 12.3. The highest BCUT2D eigenvalue weighted by atomic mass is 32.2. The molecule has 1 heterocycles. The molecule has 0 bridgehead atoms. The molecule has 0 fully saturated rings. The number of rotatable bonds is 9. The predicted molar refractivity (Wildman–Crippen MR) is 130 cm³/mol. The Labute approximate surface area is 194 Å². The van der Waals surface area contributed by atoms with Crippen molar-refractivity contribution in [3.05, 3.63) is 102 Å². The Morgan fingerprint density at radius 3 is 2.15 bits per heavy atom. The van der Waals surface area contributed by atoms with E-state index in [1.165, 1.54) is 11.1 Å². The molecule has 2 N–H and O–H groups in total. The van der Waals surface area contributed by atoms with Crippen molar-refractivity contribution in [1.82, 2.24) is 10.0 Å². The monoisotopic (exact) mass is 461 g/mol. The molecular weight excluding hydrogens is 434 g/mol. The van der Waals surface area contributed by atoms with E-state index < -0.39 is 10.0 Å². The molecule has 0 spiro atoms. The fraction of sp³-hybridized carbons (Fsp3) is 0.231. The quantitative estimate of drug-likeness (QED) is 0.475. The lowest BCUT2D eigenvalue weighted by molar-refractivity contribution is -0.121. The van der Waals surface area contributed by atoms with Crippen LogP contribution < -0.4 is 10.0 Å². The van der Waals surface area contributed by atoms with Crippen LogP contribution in [-0.2, 0) is 14.8 Å². The lowest BCUT2D eigenvalue weighted by Crippen LogP contribution is -2.26. The first kappa shape index (κ1) is 22.7. The van der Waals surface area contributed by atoms with E-state index >= 15 is 0 Å². The van der Waals surface area contributed by atoms with Crippen LogP contribution in [0.15, 0.2) is 94.8 Å². The van der Waals surface area contributed by atoms with E-state index in [0.29, 0.717) is 37.3 Å². The number of aliphatic imine (C=N–C) groups is 1. The topological polar surface area (TPSA) is 87.6 Å². The molecule has 6 nitrogen and oxygen atoms in total. The number of amides is 1. The molecule has 1 aliphatic heterocycles. The lowest BCUT2D eigenvalue weighted by atomic mass is 9.88. The number of nitrogens with zero attached hydrogens (tertiary/aromatic N) is 1. The second kappa shape index (κ2) is 10.4. The Morgan fingerprint density at radius 2 is 1.48 bits per heavy atom. The van der Waals surface area contributed by atoms with Crippen LogP contribution in [0.3, 0.4) is 0 Å². The minimum Gasteiger partial charge on any atom is -0.356 e. The highest BCUT2D eigenvalue weighted by molar-refractivity contribution is 7.90. The van der Waals surface area contributed by atoms with Crippen molar-refractivity contribution < 1.29 is 13.2 Å². The Bertz CT molecular complexity index is 1190. The molecule has 0 saturated carbocycles. The second-order valence-corrected chi connectivity index (χ2v) is 9.60. The molecule has 7 heteroatoms. The van der Waals surface area contributed by atoms with Gasteiger partial charge in [-0.15, -0.1) is 0 Å². The summed E-state index contributed by atoms with van der Waals surface area (Å²) in [7, 11) is -3.53. The molecule has 0 saturated heterocycles. The van der Waals surface area contributed by atoms with Gasteiger partial charge in [0.15, 0.2) is 0 Å². The van der Waals surface area contributed by atoms with Gasteiger partial charge >= 0.3 is 0 Å². The Balaban J connectivity index is 1.26. The van der Waals surface area contributed by atoms with E-state index in [0.717, 1.165) is 6.42 Å². The van der Waals surface area contributed by atoms with Crippen LogP contribution in [0.4, 0.5) is 0 Å². The molecule has 1 aliphatic rings. The summed E-state index contributed by atoms with van der Waals surface area (Å²) in [5.41, 5.74) is 3.04. The standard InChI is InChI=1S/C26H27N3O3S/c30-25(16-9-18-28-26-23-14-7-8-15-24(23)33(31,32)29-26)27-19-17-22(20-10-3-1-4-11-20)21-12-5-2-6-13-21/h1-8,10-15,22H,9,16-19H2,(H,27,30)(H,28,29). The zero-order chi connectivity index (χ0) is 23.1. The number of carbonyl (C=O) groups is 1. The molecule has 0 radical (unpaired) electrons. The fourth-order valence-corrected chi connectivity index (χ4v) is 5.27. The summed E-state index contributed by atoms with van der Waals surface area (Å²) < 4.78 is 26.7. The average Bonchev–Trinajstić information content (AvgIpc) is 3.11. The third-order valence-electron chi connectivity index (χ3n) is 5.65. The van der Waals surface area contributed by atoms with Crippen LogP contribution in [0, 0.1) is 0 Å². The number of sulfonamides is 1. The number of amidine groups is 1. The third kappa shape index (κ3) is 5.68. The maximum absolute atomic E-state index is 12.3. The zero-order valence-electron chi connectivity index (χ0n) is 18.3. The fourth-order valence-electron chi connectivity index (χ4n) is 4.02. The molecule has 0 atom stereocenters. The number of fused-ring (bicyclic) bond motifs is 1. The van der Waals surface area contributed by atoms with Gasteiger partial charge < -0.3 is 5.32 Å². The van der Waals surface area contributed by atoms with Gasteiger partial charge in [-0.25, -0.2) is 8.42 Å². The van der Waals surface area contributed by atoms with E-state index in [4.69, 9.17) is 0 Å². The first-order valence-electron chi connectivity index (χ1n) is 11.1. The van der Waals surface area contributed by atoms with Gasteiger partial charge in [0.05, 0.1) is 4.90 Å². The molecule has 33 heavy (non-hydrogen) atoms. The summed E-state index contributed by atoms with van der Waals surface area (Å²) in [5.74, 6) is 0.539. The molecule has 0 aliphatic carbocycles. The number of benzene rings is 3. The van der Waals surface area contributed by atoms with Crippen molar-refractivity contribution in [2.75, 3.05) is 13.1 Å². The van der Waals surface area contributed by atoms with E-state index in [1.807, 2.05) is 36.4 Å². The van der Waals surface area contributed by atoms with Crippen molar-refractivity contribution in [1.29, 1.82) is 0 Å². The molecule has 0 unspecified atom stereocenters. The number of hydrogen-bond donors (Lipinski definition) is 2. The molecule has 4 rings (SSSR count). The largest absolute Gasteiger partial charge is 0.356 e. The number of carbonyl (C=O) groups excluding carboxylic acids is 1. The van der Waals surface area contributed by atoms with Gasteiger partial charge in [-0.3, -0.25) is 14.5 Å². The molecule has 170 valence electrons. The molecule has 1 amide bonds. The average molecular weight is 462 g/mol. The molecule has 3 aromatic carbocycles. The highest BCUT2D eigenvalue weighted by Crippen LogP contribution is 2.27. The summed E-state index contributed by atoms with van der Waals surface area (Å²) >= 11 is 0. The molecule has 3 aromatic rings. The summed E-state index contributed by atoms with van der Waals surface area (Å²) in [5, 5.41) is 3.01. The van der Waals surface area contributed by atoms with Crippen LogP contribution >= 0.6 is 0 Å². The van der Waals surface area contributed by atoms with Crippen molar-refractivity contribution in [2.45, 2.75) is 30.1 Å². The van der Waals surface area contributed by atoms with Gasteiger partial charge in [-0.2, -0.15) is 0 Å². The van der Waals surface area contributed by atoms with Crippen LogP contribution in [0.25, 0.3) is 0 Å². The van der Waals surface area contributed by atoms with Gasteiger partial charge in [0.25, 0.3) is 10.0 Å². The van der Waals surface area contributed by atoms with Gasteiger partial charge in [0.1, 0.15) is 5.84 Å².